The van der Waals surface area contributed by atoms with E-state index in [0.717, 1.165) is 11.1 Å². The Morgan fingerprint density at radius 3 is 2.41 bits per heavy atom. The second-order valence-electron chi connectivity index (χ2n) is 4.10. The number of carbonyl (C=O) groups is 1. The summed E-state index contributed by atoms with van der Waals surface area (Å²) < 4.78 is 4.92. The first-order valence-corrected chi connectivity index (χ1v) is 5.76. The number of hydrogen-bond donors (Lipinski definition) is 0. The first-order chi connectivity index (χ1) is 8.11. The minimum absolute atomic E-state index is 0.275. The van der Waals surface area contributed by atoms with Gasteiger partial charge in [0.1, 0.15) is 0 Å². The summed E-state index contributed by atoms with van der Waals surface area (Å²) in [6, 6.07) is 9.54. The molecule has 0 saturated heterocycles. The molecule has 0 aliphatic rings. The van der Waals surface area contributed by atoms with Gasteiger partial charge >= 0.3 is 5.97 Å². The van der Waals surface area contributed by atoms with E-state index >= 15 is 0 Å². The quantitative estimate of drug-likeness (QED) is 0.748. The molecule has 0 aliphatic carbocycles. The predicted octanol–water partition coefficient (Wildman–Crippen LogP) is 2.98. The van der Waals surface area contributed by atoms with Crippen molar-refractivity contribution in [2.24, 2.45) is 0 Å². The summed E-state index contributed by atoms with van der Waals surface area (Å²) in [6.45, 7) is 6.11. The first kappa shape index (κ1) is 13.2. The average molecular weight is 231 g/mol. The molecule has 1 aromatic rings. The van der Waals surface area contributed by atoms with E-state index in [4.69, 9.17) is 10.00 Å². The smallest absolute Gasteiger partial charge is 0.327 e. The van der Waals surface area contributed by atoms with Crippen molar-refractivity contribution in [3.8, 4) is 6.07 Å². The lowest BCUT2D eigenvalue weighted by atomic mass is 9.89. The molecule has 3 heteroatoms. The topological polar surface area (TPSA) is 50.1 Å². The molecule has 1 atom stereocenters. The summed E-state index contributed by atoms with van der Waals surface area (Å²) in [4.78, 5) is 11.7. The number of rotatable bonds is 4. The van der Waals surface area contributed by atoms with Crippen LogP contribution in [0.2, 0.25) is 0 Å². The molecule has 0 amide bonds. The molecule has 0 aromatic heterocycles. The maximum Gasteiger partial charge on any atom is 0.327 e. The van der Waals surface area contributed by atoms with Crippen LogP contribution in [0.1, 0.15) is 43.7 Å². The van der Waals surface area contributed by atoms with Crippen LogP contribution in [0, 0.1) is 11.3 Å². The lowest BCUT2D eigenvalue weighted by Crippen LogP contribution is -2.16. The zero-order valence-corrected chi connectivity index (χ0v) is 10.4. The predicted molar refractivity (Wildman–Crippen MR) is 65.5 cm³/mol. The summed E-state index contributed by atoms with van der Waals surface area (Å²) in [5.41, 5.74) is 1.77. The van der Waals surface area contributed by atoms with Gasteiger partial charge < -0.3 is 4.74 Å². The fraction of sp³-hybridized carbons (Fsp3) is 0.429. The highest BCUT2D eigenvalue weighted by atomic mass is 16.5. The molecule has 0 aliphatic heterocycles. The number of nitriles is 1. The van der Waals surface area contributed by atoms with Gasteiger partial charge in [-0.3, -0.25) is 4.79 Å². The minimum Gasteiger partial charge on any atom is -0.465 e. The lowest BCUT2D eigenvalue weighted by molar-refractivity contribution is -0.143. The maximum atomic E-state index is 11.7. The second-order valence-corrected chi connectivity index (χ2v) is 4.10. The first-order valence-electron chi connectivity index (χ1n) is 5.76. The summed E-state index contributed by atoms with van der Waals surface area (Å²) in [5.74, 6) is -1.02. The Balaban J connectivity index is 3.13. The van der Waals surface area contributed by atoms with Crippen molar-refractivity contribution in [2.75, 3.05) is 6.61 Å². The van der Waals surface area contributed by atoms with Gasteiger partial charge in [-0.2, -0.15) is 5.26 Å². The van der Waals surface area contributed by atoms with Crippen LogP contribution < -0.4 is 0 Å². The van der Waals surface area contributed by atoms with E-state index in [1.807, 2.05) is 44.2 Å². The SMILES string of the molecule is CCOC(=O)C(C#N)c1ccccc1C(C)C. The Hall–Kier alpha value is -1.82. The van der Waals surface area contributed by atoms with Crippen LogP contribution >= 0.6 is 0 Å². The van der Waals surface area contributed by atoms with Crippen molar-refractivity contribution < 1.29 is 9.53 Å². The van der Waals surface area contributed by atoms with E-state index in [1.54, 1.807) is 6.92 Å². The number of carbonyl (C=O) groups excluding carboxylic acids is 1. The highest BCUT2D eigenvalue weighted by molar-refractivity contribution is 5.81. The summed E-state index contributed by atoms with van der Waals surface area (Å²) in [5, 5.41) is 9.13. The van der Waals surface area contributed by atoms with Crippen molar-refractivity contribution in [1.29, 1.82) is 5.26 Å². The number of benzene rings is 1. The van der Waals surface area contributed by atoms with Crippen LogP contribution in [0.5, 0.6) is 0 Å². The van der Waals surface area contributed by atoms with Crippen molar-refractivity contribution in [2.45, 2.75) is 32.6 Å². The molecule has 0 N–H and O–H groups in total. The third-order valence-corrected chi connectivity index (χ3v) is 2.58. The van der Waals surface area contributed by atoms with E-state index in [1.165, 1.54) is 0 Å². The second kappa shape index (κ2) is 6.05. The van der Waals surface area contributed by atoms with Gasteiger partial charge in [-0.1, -0.05) is 38.1 Å². The molecule has 0 heterocycles. The van der Waals surface area contributed by atoms with E-state index in [0.29, 0.717) is 6.61 Å². The number of nitrogens with zero attached hydrogens (tertiary/aromatic N) is 1. The molecule has 90 valence electrons. The molecule has 0 radical (unpaired) electrons. The van der Waals surface area contributed by atoms with Gasteiger partial charge in [-0.05, 0) is 24.0 Å². The lowest BCUT2D eigenvalue weighted by Gasteiger charge is -2.15. The standard InChI is InChI=1S/C14H17NO2/c1-4-17-14(16)13(9-15)12-8-6-5-7-11(12)10(2)3/h5-8,10,13H,4H2,1-3H3. The Labute approximate surface area is 102 Å². The van der Waals surface area contributed by atoms with E-state index in [9.17, 15) is 4.79 Å². The number of esters is 1. The highest BCUT2D eigenvalue weighted by Crippen LogP contribution is 2.26. The normalized spacial score (nSPS) is 11.9. The van der Waals surface area contributed by atoms with E-state index in [-0.39, 0.29) is 5.92 Å². The van der Waals surface area contributed by atoms with Gasteiger partial charge in [0.05, 0.1) is 12.7 Å². The average Bonchev–Trinajstić information content (AvgIpc) is 2.31. The van der Waals surface area contributed by atoms with Crippen molar-refractivity contribution >= 4 is 5.97 Å². The van der Waals surface area contributed by atoms with E-state index < -0.39 is 11.9 Å². The van der Waals surface area contributed by atoms with Crippen molar-refractivity contribution in [3.05, 3.63) is 35.4 Å². The summed E-state index contributed by atoms with van der Waals surface area (Å²) in [7, 11) is 0. The molecule has 0 spiro atoms. The fourth-order valence-corrected chi connectivity index (χ4v) is 1.77. The summed E-state index contributed by atoms with van der Waals surface area (Å²) >= 11 is 0. The zero-order chi connectivity index (χ0) is 12.8. The monoisotopic (exact) mass is 231 g/mol. The molecule has 0 fully saturated rings. The van der Waals surface area contributed by atoms with Crippen LogP contribution in [-0.4, -0.2) is 12.6 Å². The van der Waals surface area contributed by atoms with Gasteiger partial charge in [-0.15, -0.1) is 0 Å². The molecule has 1 unspecified atom stereocenters. The molecular formula is C14H17NO2. The maximum absolute atomic E-state index is 11.7. The van der Waals surface area contributed by atoms with Gasteiger partial charge in [0, 0.05) is 0 Å². The van der Waals surface area contributed by atoms with Crippen LogP contribution in [0.15, 0.2) is 24.3 Å². The van der Waals surface area contributed by atoms with E-state index in [2.05, 4.69) is 0 Å². The summed E-state index contributed by atoms with van der Waals surface area (Å²) in [6.07, 6.45) is 0. The van der Waals surface area contributed by atoms with Crippen LogP contribution in [-0.2, 0) is 9.53 Å². The third kappa shape index (κ3) is 3.07. The van der Waals surface area contributed by atoms with Gasteiger partial charge in [0.25, 0.3) is 0 Å². The molecule has 0 saturated carbocycles. The molecule has 1 aromatic carbocycles. The van der Waals surface area contributed by atoms with Gasteiger partial charge in [-0.25, -0.2) is 0 Å². The highest BCUT2D eigenvalue weighted by Gasteiger charge is 2.24. The molecule has 0 bridgehead atoms. The third-order valence-electron chi connectivity index (χ3n) is 2.58. The molecular weight excluding hydrogens is 214 g/mol. The Kier molecular flexibility index (Phi) is 4.71. The minimum atomic E-state index is -0.825. The van der Waals surface area contributed by atoms with Crippen molar-refractivity contribution in [3.63, 3.8) is 0 Å². The van der Waals surface area contributed by atoms with Crippen LogP contribution in [0.3, 0.4) is 0 Å². The fourth-order valence-electron chi connectivity index (χ4n) is 1.77. The largest absolute Gasteiger partial charge is 0.465 e. The van der Waals surface area contributed by atoms with Crippen LogP contribution in [0.25, 0.3) is 0 Å². The molecule has 1 rings (SSSR count). The molecule has 3 nitrogen and oxygen atoms in total. The zero-order valence-electron chi connectivity index (χ0n) is 10.4. The number of ether oxygens (including phenoxy) is 1. The Morgan fingerprint density at radius 1 is 1.35 bits per heavy atom. The molecule has 17 heavy (non-hydrogen) atoms. The van der Waals surface area contributed by atoms with Gasteiger partial charge in [0.15, 0.2) is 5.92 Å². The Bertz CT molecular complexity index is 432. The Morgan fingerprint density at radius 2 is 1.94 bits per heavy atom. The van der Waals surface area contributed by atoms with Crippen LogP contribution in [0.4, 0.5) is 0 Å². The van der Waals surface area contributed by atoms with Gasteiger partial charge in [0.2, 0.25) is 0 Å². The number of hydrogen-bond acceptors (Lipinski definition) is 3. The van der Waals surface area contributed by atoms with Crippen molar-refractivity contribution in [1.82, 2.24) is 0 Å².